The van der Waals surface area contributed by atoms with E-state index >= 15 is 0 Å². The minimum atomic E-state index is -3.63. The first-order valence-corrected chi connectivity index (χ1v) is 8.88. The molecular formula is C13H19N3O2S2. The lowest BCUT2D eigenvalue weighted by Crippen LogP contribution is -2.44. The number of hydrogen-bond donors (Lipinski definition) is 1. The molecule has 1 fully saturated rings. The molecule has 1 N–H and O–H groups in total. The molecule has 1 aromatic heterocycles. The molecule has 110 valence electrons. The Hall–Kier alpha value is -0.940. The van der Waals surface area contributed by atoms with E-state index in [1.807, 2.05) is 6.07 Å². The number of sulfonamides is 1. The Balaban J connectivity index is 2.24. The average molecular weight is 313 g/mol. The normalized spacial score (nSPS) is 22.8. The Morgan fingerprint density at radius 3 is 2.85 bits per heavy atom. The molecule has 20 heavy (non-hydrogen) atoms. The van der Waals surface area contributed by atoms with E-state index in [0.29, 0.717) is 6.54 Å². The monoisotopic (exact) mass is 313 g/mol. The fourth-order valence-electron chi connectivity index (χ4n) is 2.54. The molecule has 1 saturated heterocycles. The number of nitrogens with one attached hydrogen (secondary N) is 1. The van der Waals surface area contributed by atoms with Gasteiger partial charge in [0.05, 0.1) is 0 Å². The van der Waals surface area contributed by atoms with Gasteiger partial charge in [-0.05, 0) is 23.4 Å². The molecule has 0 aromatic carbocycles. The van der Waals surface area contributed by atoms with Crippen molar-refractivity contribution in [2.24, 2.45) is 5.41 Å². The zero-order valence-electron chi connectivity index (χ0n) is 11.9. The van der Waals surface area contributed by atoms with Crippen LogP contribution in [0.2, 0.25) is 0 Å². The highest BCUT2D eigenvalue weighted by atomic mass is 32.2. The molecule has 7 heteroatoms. The van der Waals surface area contributed by atoms with Crippen LogP contribution in [0.15, 0.2) is 16.3 Å². The van der Waals surface area contributed by atoms with Crippen LogP contribution in [0.25, 0.3) is 0 Å². The molecule has 0 radical (unpaired) electrons. The van der Waals surface area contributed by atoms with Gasteiger partial charge in [0.2, 0.25) is 10.0 Å². The van der Waals surface area contributed by atoms with Crippen LogP contribution in [-0.2, 0) is 10.0 Å². The molecule has 0 amide bonds. The average Bonchev–Trinajstić information content (AvgIpc) is 2.94. The first kappa shape index (κ1) is 15.4. The summed E-state index contributed by atoms with van der Waals surface area (Å²) in [5.74, 6) is 0. The highest BCUT2D eigenvalue weighted by Gasteiger charge is 2.41. The van der Waals surface area contributed by atoms with Gasteiger partial charge in [0.15, 0.2) is 0 Å². The second-order valence-electron chi connectivity index (χ2n) is 5.72. The second kappa shape index (κ2) is 5.45. The third-order valence-electron chi connectivity index (χ3n) is 3.78. The van der Waals surface area contributed by atoms with Gasteiger partial charge in [-0.15, -0.1) is 11.3 Å². The van der Waals surface area contributed by atoms with Gasteiger partial charge in [-0.3, -0.25) is 0 Å². The Morgan fingerprint density at radius 2 is 2.30 bits per heavy atom. The van der Waals surface area contributed by atoms with Gasteiger partial charge in [0, 0.05) is 19.1 Å². The van der Waals surface area contributed by atoms with Gasteiger partial charge >= 0.3 is 0 Å². The number of nitrogens with zero attached hydrogens (tertiary/aromatic N) is 2. The number of likely N-dealkylation sites (N-methyl/N-ethyl adjacent to an activating group) is 1. The summed E-state index contributed by atoms with van der Waals surface area (Å²) in [5, 5.41) is 10.6. The number of hydrogen-bond acceptors (Lipinski definition) is 5. The van der Waals surface area contributed by atoms with E-state index in [1.54, 1.807) is 5.38 Å². The van der Waals surface area contributed by atoms with Gasteiger partial charge in [-0.2, -0.15) is 5.26 Å². The molecule has 0 aliphatic carbocycles. The van der Waals surface area contributed by atoms with E-state index < -0.39 is 10.0 Å². The Kier molecular flexibility index (Phi) is 4.21. The molecule has 2 heterocycles. The lowest BCUT2D eigenvalue weighted by atomic mass is 9.89. The lowest BCUT2D eigenvalue weighted by Gasteiger charge is -2.26. The Morgan fingerprint density at radius 1 is 1.60 bits per heavy atom. The van der Waals surface area contributed by atoms with Crippen LogP contribution in [-0.4, -0.2) is 39.0 Å². The standard InChI is InChI=1S/C13H19N3O2S2/c1-4-16-8-12(13(2,3)9-16)15-20(17,18)11-5-6-19-10(11)7-14/h5-6,12,15H,4,8-9H2,1-3H3. The maximum Gasteiger partial charge on any atom is 0.243 e. The summed E-state index contributed by atoms with van der Waals surface area (Å²) in [4.78, 5) is 2.56. The molecule has 0 bridgehead atoms. The molecule has 1 aliphatic rings. The minimum Gasteiger partial charge on any atom is -0.301 e. The summed E-state index contributed by atoms with van der Waals surface area (Å²) in [7, 11) is -3.63. The van der Waals surface area contributed by atoms with Gasteiger partial charge in [-0.1, -0.05) is 20.8 Å². The number of likely N-dealkylation sites (tertiary alicyclic amines) is 1. The summed E-state index contributed by atoms with van der Waals surface area (Å²) in [6.07, 6.45) is 0. The molecule has 5 nitrogen and oxygen atoms in total. The Bertz CT molecular complexity index is 628. The zero-order chi connectivity index (χ0) is 15.0. The first-order chi connectivity index (χ1) is 9.30. The molecule has 1 aromatic rings. The van der Waals surface area contributed by atoms with Crippen molar-refractivity contribution in [2.75, 3.05) is 19.6 Å². The second-order valence-corrected chi connectivity index (χ2v) is 8.31. The van der Waals surface area contributed by atoms with Gasteiger partial charge in [0.1, 0.15) is 15.8 Å². The molecule has 2 rings (SSSR count). The van der Waals surface area contributed by atoms with Crippen molar-refractivity contribution >= 4 is 21.4 Å². The van der Waals surface area contributed by atoms with Crippen LogP contribution < -0.4 is 4.72 Å². The third-order valence-corrected chi connectivity index (χ3v) is 6.24. The summed E-state index contributed by atoms with van der Waals surface area (Å²) in [6.45, 7) is 8.67. The van der Waals surface area contributed by atoms with Gasteiger partial charge in [-0.25, -0.2) is 13.1 Å². The van der Waals surface area contributed by atoms with E-state index in [4.69, 9.17) is 5.26 Å². The summed E-state index contributed by atoms with van der Waals surface area (Å²) >= 11 is 1.15. The van der Waals surface area contributed by atoms with Crippen molar-refractivity contribution < 1.29 is 8.42 Å². The number of rotatable bonds is 4. The van der Waals surface area contributed by atoms with E-state index in [0.717, 1.165) is 24.4 Å². The van der Waals surface area contributed by atoms with Crippen molar-refractivity contribution in [3.8, 4) is 6.07 Å². The fourth-order valence-corrected chi connectivity index (χ4v) is 5.10. The molecule has 0 saturated carbocycles. The van der Waals surface area contributed by atoms with E-state index in [-0.39, 0.29) is 21.2 Å². The SMILES string of the molecule is CCN1CC(NS(=O)(=O)c2ccsc2C#N)C(C)(C)C1. The molecule has 0 spiro atoms. The quantitative estimate of drug-likeness (QED) is 0.917. The highest BCUT2D eigenvalue weighted by Crippen LogP contribution is 2.31. The van der Waals surface area contributed by atoms with Gasteiger partial charge in [0.25, 0.3) is 0 Å². The predicted molar refractivity (Wildman–Crippen MR) is 79.0 cm³/mol. The van der Waals surface area contributed by atoms with Crippen LogP contribution in [0.4, 0.5) is 0 Å². The largest absolute Gasteiger partial charge is 0.301 e. The molecule has 1 aliphatic heterocycles. The van der Waals surface area contributed by atoms with Crippen molar-refractivity contribution in [3.63, 3.8) is 0 Å². The maximum absolute atomic E-state index is 12.4. The minimum absolute atomic E-state index is 0.0933. The van der Waals surface area contributed by atoms with Crippen LogP contribution in [0, 0.1) is 16.7 Å². The van der Waals surface area contributed by atoms with Crippen molar-refractivity contribution in [1.82, 2.24) is 9.62 Å². The van der Waals surface area contributed by atoms with Crippen LogP contribution in [0.3, 0.4) is 0 Å². The van der Waals surface area contributed by atoms with E-state index in [2.05, 4.69) is 30.4 Å². The van der Waals surface area contributed by atoms with Crippen LogP contribution in [0.5, 0.6) is 0 Å². The first-order valence-electron chi connectivity index (χ1n) is 6.52. The number of nitriles is 1. The summed E-state index contributed by atoms with van der Waals surface area (Å²) in [5.41, 5.74) is -0.119. The highest BCUT2D eigenvalue weighted by molar-refractivity contribution is 7.89. The lowest BCUT2D eigenvalue weighted by molar-refractivity contribution is 0.295. The van der Waals surface area contributed by atoms with E-state index in [9.17, 15) is 8.42 Å². The molecule has 1 unspecified atom stereocenters. The smallest absolute Gasteiger partial charge is 0.243 e. The van der Waals surface area contributed by atoms with Gasteiger partial charge < -0.3 is 4.90 Å². The number of thiophene rings is 1. The Labute approximate surface area is 124 Å². The van der Waals surface area contributed by atoms with E-state index in [1.165, 1.54) is 6.07 Å². The summed E-state index contributed by atoms with van der Waals surface area (Å²) < 4.78 is 27.6. The van der Waals surface area contributed by atoms with Crippen molar-refractivity contribution in [2.45, 2.75) is 31.7 Å². The molecule has 1 atom stereocenters. The summed E-state index contributed by atoms with van der Waals surface area (Å²) in [6, 6.07) is 3.29. The maximum atomic E-state index is 12.4. The topological polar surface area (TPSA) is 73.2 Å². The third kappa shape index (κ3) is 2.88. The van der Waals surface area contributed by atoms with Crippen LogP contribution in [0.1, 0.15) is 25.6 Å². The van der Waals surface area contributed by atoms with Crippen molar-refractivity contribution in [1.29, 1.82) is 5.26 Å². The predicted octanol–water partition coefficient (Wildman–Crippen LogP) is 1.63. The molecular weight excluding hydrogens is 294 g/mol. The van der Waals surface area contributed by atoms with Crippen LogP contribution >= 0.6 is 11.3 Å². The zero-order valence-corrected chi connectivity index (χ0v) is 13.5. The van der Waals surface area contributed by atoms with Crippen molar-refractivity contribution in [3.05, 3.63) is 16.3 Å². The fraction of sp³-hybridized carbons (Fsp3) is 0.615.